The minimum absolute atomic E-state index is 0.349. The lowest BCUT2D eigenvalue weighted by atomic mass is 9.67. The van der Waals surface area contributed by atoms with Crippen LogP contribution >= 0.6 is 0 Å². The van der Waals surface area contributed by atoms with Crippen LogP contribution in [-0.4, -0.2) is 4.57 Å². The van der Waals surface area contributed by atoms with E-state index in [9.17, 15) is 0 Å². The molecule has 13 rings (SSSR count). The lowest BCUT2D eigenvalue weighted by Gasteiger charge is -2.34. The molecule has 9 aromatic carbocycles. The predicted molar refractivity (Wildman–Crippen MR) is 273 cm³/mol. The van der Waals surface area contributed by atoms with Crippen LogP contribution in [0, 0.1) is 0 Å². The molecule has 1 heterocycles. The van der Waals surface area contributed by atoms with Gasteiger partial charge in [-0.05, 0) is 140 Å². The fraction of sp³-hybridized carbons (Fsp3) is 0.0476. The largest absolute Gasteiger partial charge is 0.317 e. The quantitative estimate of drug-likeness (QED) is 0.155. The van der Waals surface area contributed by atoms with Crippen molar-refractivity contribution < 1.29 is 0 Å². The minimum atomic E-state index is -0.349. The van der Waals surface area contributed by atoms with Gasteiger partial charge in [-0.1, -0.05) is 182 Å². The molecular formula is C63H44N2. The average Bonchev–Trinajstić information content (AvgIpc) is 4.00. The van der Waals surface area contributed by atoms with Crippen molar-refractivity contribution in [3.8, 4) is 39.1 Å². The third-order valence-electron chi connectivity index (χ3n) is 14.2. The van der Waals surface area contributed by atoms with E-state index in [1.807, 2.05) is 0 Å². The molecule has 10 aromatic rings. The molecule has 1 unspecified atom stereocenters. The predicted octanol–water partition coefficient (Wildman–Crippen LogP) is 16.4. The maximum atomic E-state index is 2.39. The topological polar surface area (TPSA) is 8.17 Å². The summed E-state index contributed by atoms with van der Waals surface area (Å²) in [6.45, 7) is 0. The molecule has 0 amide bonds. The number of allylic oxidation sites excluding steroid dienone is 4. The Morgan fingerprint density at radius 3 is 1.83 bits per heavy atom. The molecule has 2 heteroatoms. The highest BCUT2D eigenvalue weighted by atomic mass is 15.1. The van der Waals surface area contributed by atoms with Gasteiger partial charge in [0.05, 0.1) is 16.4 Å². The first kappa shape index (κ1) is 37.4. The van der Waals surface area contributed by atoms with Gasteiger partial charge in [0.15, 0.2) is 0 Å². The molecule has 1 aromatic heterocycles. The second-order valence-electron chi connectivity index (χ2n) is 17.5. The minimum Gasteiger partial charge on any atom is -0.317 e. The van der Waals surface area contributed by atoms with Crippen LogP contribution in [0.2, 0.25) is 0 Å². The Labute approximate surface area is 380 Å². The number of hydrogen-bond acceptors (Lipinski definition) is 1. The summed E-state index contributed by atoms with van der Waals surface area (Å²) in [4.78, 5) is 2.35. The summed E-state index contributed by atoms with van der Waals surface area (Å²) < 4.78 is 2.39. The van der Waals surface area contributed by atoms with Crippen LogP contribution in [0.1, 0.15) is 40.7 Å². The zero-order chi connectivity index (χ0) is 42.9. The molecule has 65 heavy (non-hydrogen) atoms. The molecule has 0 saturated heterocycles. The third-order valence-corrected chi connectivity index (χ3v) is 14.2. The van der Waals surface area contributed by atoms with E-state index in [1.54, 1.807) is 0 Å². The SMILES string of the molecule is C1=CC2=C(CC1)C1(c3ccccc32)c2ccccc2-c2cccc(C=CN(c3ccc(-c4ccccc4)cc3)c3ccc(-c4cccc5c4c4ccccc4n5-c4ccccc4)cc3)c21. The molecule has 3 aliphatic rings. The summed E-state index contributed by atoms with van der Waals surface area (Å²) >= 11 is 0. The van der Waals surface area contributed by atoms with Gasteiger partial charge in [-0.15, -0.1) is 0 Å². The average molecular weight is 829 g/mol. The van der Waals surface area contributed by atoms with Gasteiger partial charge in [0.25, 0.3) is 0 Å². The number of para-hydroxylation sites is 2. The van der Waals surface area contributed by atoms with Gasteiger partial charge >= 0.3 is 0 Å². The number of benzene rings is 9. The van der Waals surface area contributed by atoms with Crippen molar-refractivity contribution in [3.05, 3.63) is 270 Å². The maximum absolute atomic E-state index is 2.39. The number of hydrogen-bond donors (Lipinski definition) is 0. The summed E-state index contributed by atoms with van der Waals surface area (Å²) in [5.41, 5.74) is 22.6. The standard InChI is InChI=1S/C63H44N2/c1-3-17-43(18-4-1)44-33-37-47(38-34-44)64(48-39-35-45(36-40-48)50-26-16-32-60-61(50)55-25-10-14-31-59(55)65(60)49-20-5-2-6-21-49)42-41-46-19-15-27-54-53-24-9-13-30-58(53)63(62(46)54)56-28-11-7-22-51(56)52-23-8-12-29-57(52)63/h1-11,13-28,30-42H,12,29H2. The normalized spacial score (nSPS) is 15.8. The van der Waals surface area contributed by atoms with Gasteiger partial charge in [-0.2, -0.15) is 0 Å². The summed E-state index contributed by atoms with van der Waals surface area (Å²) in [6.07, 6.45) is 11.5. The Bertz CT molecular complexity index is 3570. The van der Waals surface area contributed by atoms with E-state index in [1.165, 1.54) is 94.2 Å². The number of nitrogens with zero attached hydrogens (tertiary/aromatic N) is 2. The van der Waals surface area contributed by atoms with E-state index in [0.717, 1.165) is 29.9 Å². The van der Waals surface area contributed by atoms with E-state index in [0.29, 0.717) is 0 Å². The van der Waals surface area contributed by atoms with Crippen LogP contribution in [-0.2, 0) is 5.41 Å². The fourth-order valence-electron chi connectivity index (χ4n) is 11.5. The van der Waals surface area contributed by atoms with Crippen molar-refractivity contribution in [1.82, 2.24) is 4.57 Å². The van der Waals surface area contributed by atoms with Crippen molar-refractivity contribution in [2.45, 2.75) is 18.3 Å². The van der Waals surface area contributed by atoms with Gasteiger partial charge in [0.1, 0.15) is 0 Å². The summed E-state index contributed by atoms with van der Waals surface area (Å²) in [5.74, 6) is 0. The van der Waals surface area contributed by atoms with Crippen LogP contribution in [0.25, 0.3) is 72.5 Å². The smallest absolute Gasteiger partial charge is 0.0694 e. The first-order chi connectivity index (χ1) is 32.3. The van der Waals surface area contributed by atoms with Gasteiger partial charge in [0, 0.05) is 34.0 Å². The molecule has 0 N–H and O–H groups in total. The molecule has 1 spiro atoms. The molecule has 0 radical (unpaired) electrons. The molecule has 0 fully saturated rings. The van der Waals surface area contributed by atoms with Gasteiger partial charge in [0.2, 0.25) is 0 Å². The molecule has 306 valence electrons. The van der Waals surface area contributed by atoms with Gasteiger partial charge in [-0.3, -0.25) is 0 Å². The van der Waals surface area contributed by atoms with Crippen LogP contribution in [0.4, 0.5) is 11.4 Å². The number of anilines is 2. The zero-order valence-corrected chi connectivity index (χ0v) is 35.9. The highest BCUT2D eigenvalue weighted by molar-refractivity contribution is 6.15. The lowest BCUT2D eigenvalue weighted by Crippen LogP contribution is -2.28. The van der Waals surface area contributed by atoms with E-state index >= 15 is 0 Å². The van der Waals surface area contributed by atoms with Crippen LogP contribution < -0.4 is 4.90 Å². The first-order valence-electron chi connectivity index (χ1n) is 22.8. The van der Waals surface area contributed by atoms with Gasteiger partial charge < -0.3 is 9.47 Å². The van der Waals surface area contributed by atoms with E-state index in [-0.39, 0.29) is 5.41 Å². The summed E-state index contributed by atoms with van der Waals surface area (Å²) in [5, 5.41) is 2.52. The van der Waals surface area contributed by atoms with Gasteiger partial charge in [-0.25, -0.2) is 0 Å². The second-order valence-corrected chi connectivity index (χ2v) is 17.5. The van der Waals surface area contributed by atoms with E-state index in [4.69, 9.17) is 0 Å². The lowest BCUT2D eigenvalue weighted by molar-refractivity contribution is 0.713. The molecule has 2 nitrogen and oxygen atoms in total. The highest BCUT2D eigenvalue weighted by Gasteiger charge is 2.53. The fourth-order valence-corrected chi connectivity index (χ4v) is 11.5. The second kappa shape index (κ2) is 15.0. The molecular weight excluding hydrogens is 785 g/mol. The van der Waals surface area contributed by atoms with Crippen LogP contribution in [0.15, 0.2) is 242 Å². The van der Waals surface area contributed by atoms with E-state index in [2.05, 4.69) is 252 Å². The third kappa shape index (κ3) is 5.67. The Balaban J connectivity index is 0.959. The van der Waals surface area contributed by atoms with Crippen LogP contribution in [0.5, 0.6) is 0 Å². The Kier molecular flexibility index (Phi) is 8.60. The van der Waals surface area contributed by atoms with Crippen molar-refractivity contribution in [1.29, 1.82) is 0 Å². The summed E-state index contributed by atoms with van der Waals surface area (Å²) in [6, 6.07) is 80.2. The van der Waals surface area contributed by atoms with Crippen molar-refractivity contribution >= 4 is 44.8 Å². The molecule has 3 aliphatic carbocycles. The zero-order valence-electron chi connectivity index (χ0n) is 35.9. The number of aromatic nitrogens is 1. The van der Waals surface area contributed by atoms with Crippen molar-refractivity contribution in [3.63, 3.8) is 0 Å². The van der Waals surface area contributed by atoms with Crippen molar-refractivity contribution in [2.24, 2.45) is 0 Å². The van der Waals surface area contributed by atoms with E-state index < -0.39 is 0 Å². The number of fused-ring (bicyclic) bond motifs is 12. The van der Waals surface area contributed by atoms with Crippen molar-refractivity contribution in [2.75, 3.05) is 4.90 Å². The first-order valence-corrected chi connectivity index (χ1v) is 22.8. The Hall–Kier alpha value is -8.20. The molecule has 0 bridgehead atoms. The molecule has 0 aliphatic heterocycles. The number of rotatable bonds is 7. The summed E-state index contributed by atoms with van der Waals surface area (Å²) in [7, 11) is 0. The Morgan fingerprint density at radius 2 is 1.05 bits per heavy atom. The molecule has 1 atom stereocenters. The molecule has 0 saturated carbocycles. The highest BCUT2D eigenvalue weighted by Crippen LogP contribution is 2.64. The monoisotopic (exact) mass is 828 g/mol. The van der Waals surface area contributed by atoms with Crippen LogP contribution in [0.3, 0.4) is 0 Å². The Morgan fingerprint density at radius 1 is 0.462 bits per heavy atom. The maximum Gasteiger partial charge on any atom is 0.0694 e.